The Morgan fingerprint density at radius 2 is 2.18 bits per heavy atom. The van der Waals surface area contributed by atoms with Gasteiger partial charge in [-0.2, -0.15) is 0 Å². The highest BCUT2D eigenvalue weighted by Gasteiger charge is 2.31. The van der Waals surface area contributed by atoms with Gasteiger partial charge in [-0.1, -0.05) is 6.92 Å². The number of hydrogen-bond donors (Lipinski definition) is 1. The molecule has 17 heavy (non-hydrogen) atoms. The van der Waals surface area contributed by atoms with Crippen molar-refractivity contribution in [3.63, 3.8) is 0 Å². The van der Waals surface area contributed by atoms with Crippen molar-refractivity contribution >= 4 is 5.91 Å². The number of carbonyl (C=O) groups is 1. The lowest BCUT2D eigenvalue weighted by Gasteiger charge is -2.38. The molecule has 2 saturated heterocycles. The number of ether oxygens (including phenoxy) is 1. The van der Waals surface area contributed by atoms with Gasteiger partial charge < -0.3 is 15.4 Å². The molecule has 0 saturated carbocycles. The molecule has 1 atom stereocenters. The van der Waals surface area contributed by atoms with Crippen LogP contribution in [0.1, 0.15) is 39.0 Å². The van der Waals surface area contributed by atoms with E-state index in [1.165, 1.54) is 0 Å². The molecule has 1 unspecified atom stereocenters. The maximum atomic E-state index is 12.1. The predicted octanol–water partition coefficient (Wildman–Crippen LogP) is 1.14. The molecule has 2 heterocycles. The molecule has 0 aromatic heterocycles. The summed E-state index contributed by atoms with van der Waals surface area (Å²) in [5.41, 5.74) is 6.00. The fourth-order valence-electron chi connectivity index (χ4n) is 2.63. The maximum absolute atomic E-state index is 12.1. The van der Waals surface area contributed by atoms with E-state index in [0.29, 0.717) is 6.42 Å². The molecule has 2 fully saturated rings. The second kappa shape index (κ2) is 5.36. The van der Waals surface area contributed by atoms with Crippen LogP contribution >= 0.6 is 0 Å². The van der Waals surface area contributed by atoms with E-state index in [-0.39, 0.29) is 17.4 Å². The Bertz CT molecular complexity index is 267. The summed E-state index contributed by atoms with van der Waals surface area (Å²) in [5, 5.41) is 0. The molecule has 0 aromatic carbocycles. The van der Waals surface area contributed by atoms with Crippen LogP contribution in [-0.4, -0.2) is 43.2 Å². The summed E-state index contributed by atoms with van der Waals surface area (Å²) in [6.45, 7) is 5.48. The minimum atomic E-state index is 0.172. The topological polar surface area (TPSA) is 55.6 Å². The molecular formula is C13H24N2O2. The average molecular weight is 240 g/mol. The summed E-state index contributed by atoms with van der Waals surface area (Å²) in [6, 6.07) is 0. The van der Waals surface area contributed by atoms with Gasteiger partial charge >= 0.3 is 0 Å². The fourth-order valence-corrected chi connectivity index (χ4v) is 2.63. The highest BCUT2D eigenvalue weighted by atomic mass is 16.5. The van der Waals surface area contributed by atoms with Crippen molar-refractivity contribution in [1.82, 2.24) is 4.90 Å². The highest BCUT2D eigenvalue weighted by molar-refractivity contribution is 5.76. The number of rotatable bonds is 3. The molecule has 98 valence electrons. The second-order valence-corrected chi connectivity index (χ2v) is 5.73. The number of likely N-dealkylation sites (tertiary alicyclic amines) is 1. The standard InChI is InChI=1S/C13H24N2O2/c1-13(10-14)4-6-15(7-5-13)12(16)9-11-3-2-8-17-11/h11H,2-10,14H2,1H3. The quantitative estimate of drug-likeness (QED) is 0.805. The molecule has 2 rings (SSSR count). The van der Waals surface area contributed by atoms with Gasteiger partial charge in [-0.15, -0.1) is 0 Å². The summed E-state index contributed by atoms with van der Waals surface area (Å²) in [7, 11) is 0. The van der Waals surface area contributed by atoms with Crippen LogP contribution in [0.2, 0.25) is 0 Å². The van der Waals surface area contributed by atoms with Crippen LogP contribution in [-0.2, 0) is 9.53 Å². The number of piperidine rings is 1. The van der Waals surface area contributed by atoms with E-state index in [4.69, 9.17) is 10.5 Å². The zero-order valence-corrected chi connectivity index (χ0v) is 10.8. The largest absolute Gasteiger partial charge is 0.378 e. The van der Waals surface area contributed by atoms with Crippen LogP contribution in [0.4, 0.5) is 0 Å². The van der Waals surface area contributed by atoms with Gasteiger partial charge in [-0.05, 0) is 37.6 Å². The molecule has 4 heteroatoms. The smallest absolute Gasteiger partial charge is 0.225 e. The zero-order chi connectivity index (χ0) is 12.3. The molecule has 1 amide bonds. The van der Waals surface area contributed by atoms with Crippen LogP contribution in [0.15, 0.2) is 0 Å². The van der Waals surface area contributed by atoms with E-state index < -0.39 is 0 Å². The monoisotopic (exact) mass is 240 g/mol. The molecule has 0 bridgehead atoms. The molecular weight excluding hydrogens is 216 g/mol. The molecule has 4 nitrogen and oxygen atoms in total. The number of amides is 1. The lowest BCUT2D eigenvalue weighted by atomic mass is 9.80. The molecule has 0 spiro atoms. The van der Waals surface area contributed by atoms with Crippen molar-refractivity contribution in [2.24, 2.45) is 11.1 Å². The number of carbonyl (C=O) groups excluding carboxylic acids is 1. The lowest BCUT2D eigenvalue weighted by molar-refractivity contribution is -0.135. The predicted molar refractivity (Wildman–Crippen MR) is 66.6 cm³/mol. The average Bonchev–Trinajstić information content (AvgIpc) is 2.83. The zero-order valence-electron chi connectivity index (χ0n) is 10.8. The van der Waals surface area contributed by atoms with E-state index >= 15 is 0 Å². The van der Waals surface area contributed by atoms with E-state index in [9.17, 15) is 4.79 Å². The Morgan fingerprint density at radius 3 is 2.71 bits per heavy atom. The van der Waals surface area contributed by atoms with Crippen molar-refractivity contribution in [1.29, 1.82) is 0 Å². The van der Waals surface area contributed by atoms with Gasteiger partial charge in [0.2, 0.25) is 5.91 Å². The van der Waals surface area contributed by atoms with E-state index in [2.05, 4.69) is 6.92 Å². The van der Waals surface area contributed by atoms with Crippen molar-refractivity contribution < 1.29 is 9.53 Å². The Kier molecular flexibility index (Phi) is 4.05. The minimum Gasteiger partial charge on any atom is -0.378 e. The first-order valence-corrected chi connectivity index (χ1v) is 6.72. The van der Waals surface area contributed by atoms with E-state index in [0.717, 1.165) is 51.9 Å². The third-order valence-corrected chi connectivity index (χ3v) is 4.24. The van der Waals surface area contributed by atoms with Gasteiger partial charge in [0, 0.05) is 19.7 Å². The van der Waals surface area contributed by atoms with E-state index in [1.807, 2.05) is 4.90 Å². The van der Waals surface area contributed by atoms with E-state index in [1.54, 1.807) is 0 Å². The molecule has 2 aliphatic rings. The van der Waals surface area contributed by atoms with Gasteiger partial charge in [0.05, 0.1) is 12.5 Å². The maximum Gasteiger partial charge on any atom is 0.225 e. The molecule has 2 aliphatic heterocycles. The lowest BCUT2D eigenvalue weighted by Crippen LogP contribution is -2.45. The van der Waals surface area contributed by atoms with Crippen molar-refractivity contribution in [3.8, 4) is 0 Å². The molecule has 0 aliphatic carbocycles. The normalized spacial score (nSPS) is 28.4. The van der Waals surface area contributed by atoms with Gasteiger partial charge in [-0.25, -0.2) is 0 Å². The highest BCUT2D eigenvalue weighted by Crippen LogP contribution is 2.30. The van der Waals surface area contributed by atoms with Crippen LogP contribution in [0.25, 0.3) is 0 Å². The Balaban J connectivity index is 1.77. The number of nitrogens with two attached hydrogens (primary N) is 1. The SMILES string of the molecule is CC1(CN)CCN(C(=O)CC2CCCO2)CC1. The van der Waals surface area contributed by atoms with Gasteiger partial charge in [0.15, 0.2) is 0 Å². The first-order chi connectivity index (χ1) is 8.13. The summed E-state index contributed by atoms with van der Waals surface area (Å²) in [6.07, 6.45) is 4.94. The Morgan fingerprint density at radius 1 is 1.47 bits per heavy atom. The van der Waals surface area contributed by atoms with Crippen LogP contribution in [0.3, 0.4) is 0 Å². The summed E-state index contributed by atoms with van der Waals surface area (Å²) in [4.78, 5) is 14.1. The summed E-state index contributed by atoms with van der Waals surface area (Å²) >= 11 is 0. The molecule has 2 N–H and O–H groups in total. The fraction of sp³-hybridized carbons (Fsp3) is 0.923. The minimum absolute atomic E-state index is 0.172. The Hall–Kier alpha value is -0.610. The first-order valence-electron chi connectivity index (χ1n) is 6.72. The third kappa shape index (κ3) is 3.19. The number of hydrogen-bond acceptors (Lipinski definition) is 3. The van der Waals surface area contributed by atoms with Gasteiger partial charge in [0.25, 0.3) is 0 Å². The van der Waals surface area contributed by atoms with Crippen LogP contribution in [0.5, 0.6) is 0 Å². The van der Waals surface area contributed by atoms with Crippen LogP contribution in [0, 0.1) is 5.41 Å². The second-order valence-electron chi connectivity index (χ2n) is 5.73. The first kappa shape index (κ1) is 12.8. The van der Waals surface area contributed by atoms with Crippen molar-refractivity contribution in [2.75, 3.05) is 26.2 Å². The van der Waals surface area contributed by atoms with Gasteiger partial charge in [-0.3, -0.25) is 4.79 Å². The Labute approximate surface area is 103 Å². The van der Waals surface area contributed by atoms with Gasteiger partial charge in [0.1, 0.15) is 0 Å². The molecule has 0 aromatic rings. The van der Waals surface area contributed by atoms with Crippen molar-refractivity contribution in [3.05, 3.63) is 0 Å². The summed E-state index contributed by atoms with van der Waals surface area (Å²) < 4.78 is 5.51. The third-order valence-electron chi connectivity index (χ3n) is 4.24. The number of nitrogens with zero attached hydrogens (tertiary/aromatic N) is 1. The van der Waals surface area contributed by atoms with Crippen molar-refractivity contribution in [2.45, 2.75) is 45.1 Å². The summed E-state index contributed by atoms with van der Waals surface area (Å²) in [5.74, 6) is 0.260. The van der Waals surface area contributed by atoms with Crippen LogP contribution < -0.4 is 5.73 Å². The molecule has 0 radical (unpaired) electrons.